The van der Waals surface area contributed by atoms with Gasteiger partial charge in [0.05, 0.1) is 29.7 Å². The quantitative estimate of drug-likeness (QED) is 0.293. The average molecular weight is 506 g/mol. The molecule has 0 unspecified atom stereocenters. The number of hydrogen-bond donors (Lipinski definition) is 3. The number of nitrogens with zero attached hydrogens (tertiary/aromatic N) is 1. The van der Waals surface area contributed by atoms with Crippen LogP contribution in [0.4, 0.5) is 5.69 Å². The molecule has 0 spiro atoms. The molecule has 0 atom stereocenters. The van der Waals surface area contributed by atoms with Crippen molar-refractivity contribution in [1.82, 2.24) is 4.98 Å². The van der Waals surface area contributed by atoms with Gasteiger partial charge in [0.15, 0.2) is 0 Å². The Morgan fingerprint density at radius 2 is 1.87 bits per heavy atom. The number of anilines is 1. The molecule has 0 aliphatic carbocycles. The van der Waals surface area contributed by atoms with Gasteiger partial charge in [-0.3, -0.25) is 9.59 Å². The van der Waals surface area contributed by atoms with Crippen molar-refractivity contribution in [1.29, 1.82) is 0 Å². The van der Waals surface area contributed by atoms with Crippen LogP contribution in [0.15, 0.2) is 66.7 Å². The highest BCUT2D eigenvalue weighted by molar-refractivity contribution is 6.20. The van der Waals surface area contributed by atoms with E-state index in [1.165, 1.54) is 0 Å². The van der Waals surface area contributed by atoms with Gasteiger partial charge in [-0.05, 0) is 66.4 Å². The van der Waals surface area contributed by atoms with Crippen molar-refractivity contribution in [3.63, 3.8) is 0 Å². The molecule has 7 nitrogen and oxygen atoms in total. The smallest absolute Gasteiger partial charge is 0.258 e. The lowest BCUT2D eigenvalue weighted by Crippen LogP contribution is -2.24. The van der Waals surface area contributed by atoms with Crippen LogP contribution in [0.5, 0.6) is 5.75 Å². The maximum Gasteiger partial charge on any atom is 0.258 e. The Morgan fingerprint density at radius 1 is 1.03 bits per heavy atom. The van der Waals surface area contributed by atoms with Gasteiger partial charge in [-0.2, -0.15) is 0 Å². The third-order valence-corrected chi connectivity index (χ3v) is 7.31. The molecule has 0 fully saturated rings. The minimum Gasteiger partial charge on any atom is -0.491 e. The SMILES string of the molecule is Cc1ccc2c(c1)C(=O)N(c1cccc(-c3ccc(C(N)=O)c4[nH]c5cc(OCCO)ccc5c34)c1C)C2. The van der Waals surface area contributed by atoms with Crippen LogP contribution in [0.25, 0.3) is 32.9 Å². The number of aliphatic hydroxyl groups is 1. The molecular weight excluding hydrogens is 478 g/mol. The van der Waals surface area contributed by atoms with Crippen LogP contribution < -0.4 is 15.4 Å². The number of primary amides is 1. The first-order valence-electron chi connectivity index (χ1n) is 12.5. The molecule has 5 aromatic rings. The minimum atomic E-state index is -0.522. The highest BCUT2D eigenvalue weighted by atomic mass is 16.5. The number of rotatable bonds is 6. The molecule has 7 heteroatoms. The fourth-order valence-electron chi connectivity index (χ4n) is 5.49. The van der Waals surface area contributed by atoms with E-state index in [-0.39, 0.29) is 19.1 Å². The number of hydrogen-bond acceptors (Lipinski definition) is 4. The summed E-state index contributed by atoms with van der Waals surface area (Å²) in [4.78, 5) is 30.9. The lowest BCUT2D eigenvalue weighted by molar-refractivity contribution is 0.0990. The van der Waals surface area contributed by atoms with Crippen LogP contribution >= 0.6 is 0 Å². The van der Waals surface area contributed by atoms with E-state index >= 15 is 0 Å². The molecular formula is C31H27N3O4. The summed E-state index contributed by atoms with van der Waals surface area (Å²) in [7, 11) is 0. The zero-order chi connectivity index (χ0) is 26.6. The zero-order valence-corrected chi connectivity index (χ0v) is 21.2. The van der Waals surface area contributed by atoms with Gasteiger partial charge in [-0.25, -0.2) is 0 Å². The summed E-state index contributed by atoms with van der Waals surface area (Å²) in [6.07, 6.45) is 0. The molecule has 1 aliphatic heterocycles. The Balaban J connectivity index is 1.52. The topological polar surface area (TPSA) is 109 Å². The van der Waals surface area contributed by atoms with Gasteiger partial charge in [-0.15, -0.1) is 0 Å². The summed E-state index contributed by atoms with van der Waals surface area (Å²) >= 11 is 0. The molecule has 1 aliphatic rings. The van der Waals surface area contributed by atoms with E-state index < -0.39 is 5.91 Å². The van der Waals surface area contributed by atoms with Crippen molar-refractivity contribution >= 4 is 39.3 Å². The van der Waals surface area contributed by atoms with Gasteiger partial charge >= 0.3 is 0 Å². The molecule has 0 bridgehead atoms. The highest BCUT2D eigenvalue weighted by Gasteiger charge is 2.30. The van der Waals surface area contributed by atoms with Crippen LogP contribution in [0.3, 0.4) is 0 Å². The van der Waals surface area contributed by atoms with E-state index in [9.17, 15) is 9.59 Å². The van der Waals surface area contributed by atoms with E-state index in [0.29, 0.717) is 23.4 Å². The molecule has 2 amide bonds. The second-order valence-corrected chi connectivity index (χ2v) is 9.68. The number of fused-ring (bicyclic) bond motifs is 4. The highest BCUT2D eigenvalue weighted by Crippen LogP contribution is 2.41. The number of nitrogens with two attached hydrogens (primary N) is 1. The first-order chi connectivity index (χ1) is 18.4. The molecule has 4 N–H and O–H groups in total. The molecule has 1 aromatic heterocycles. The predicted octanol–water partition coefficient (Wildman–Crippen LogP) is 5.24. The molecule has 0 radical (unpaired) electrons. The van der Waals surface area contributed by atoms with Gasteiger partial charge in [0.2, 0.25) is 0 Å². The second-order valence-electron chi connectivity index (χ2n) is 9.68. The second kappa shape index (κ2) is 9.04. The molecule has 4 aromatic carbocycles. The summed E-state index contributed by atoms with van der Waals surface area (Å²) in [5.41, 5.74) is 14.1. The van der Waals surface area contributed by atoms with Crippen LogP contribution in [-0.2, 0) is 6.54 Å². The minimum absolute atomic E-state index is 0.000626. The fourth-order valence-corrected chi connectivity index (χ4v) is 5.49. The number of amides is 2. The summed E-state index contributed by atoms with van der Waals surface area (Å²) in [6.45, 7) is 4.65. The molecule has 2 heterocycles. The third kappa shape index (κ3) is 3.71. The van der Waals surface area contributed by atoms with Crippen LogP contribution in [0.2, 0.25) is 0 Å². The maximum absolute atomic E-state index is 13.4. The monoisotopic (exact) mass is 505 g/mol. The molecule has 0 saturated heterocycles. The van der Waals surface area contributed by atoms with E-state index in [2.05, 4.69) is 4.98 Å². The van der Waals surface area contributed by atoms with E-state index in [1.54, 1.807) is 6.07 Å². The van der Waals surface area contributed by atoms with Gasteiger partial charge in [0.25, 0.3) is 11.8 Å². The van der Waals surface area contributed by atoms with Crippen molar-refractivity contribution in [3.05, 3.63) is 94.5 Å². The summed E-state index contributed by atoms with van der Waals surface area (Å²) in [5.74, 6) is 0.0903. The summed E-state index contributed by atoms with van der Waals surface area (Å²) in [6, 6.07) is 21.3. The molecule has 0 saturated carbocycles. The maximum atomic E-state index is 13.4. The van der Waals surface area contributed by atoms with Crippen molar-refractivity contribution in [3.8, 4) is 16.9 Å². The van der Waals surface area contributed by atoms with E-state index in [1.807, 2.05) is 79.4 Å². The Morgan fingerprint density at radius 3 is 2.66 bits per heavy atom. The number of carbonyl (C=O) groups is 2. The standard InChI is InChI=1S/C31H27N3O4/c1-17-6-7-19-16-34(31(37)25(19)14-17)27-5-3-4-21(18(27)2)22-10-11-24(30(32)36)29-28(22)23-9-8-20(38-13-12-35)15-26(23)33-29/h3-11,14-15,33,35H,12-13,16H2,1-2H3,(H2,32,36). The zero-order valence-electron chi connectivity index (χ0n) is 21.2. The van der Waals surface area contributed by atoms with Gasteiger partial charge < -0.3 is 25.5 Å². The van der Waals surface area contributed by atoms with Gasteiger partial charge in [0, 0.05) is 28.1 Å². The number of aromatic nitrogens is 1. The normalized spacial score (nSPS) is 12.9. The third-order valence-electron chi connectivity index (χ3n) is 7.31. The Bertz CT molecular complexity index is 1770. The van der Waals surface area contributed by atoms with Crippen molar-refractivity contribution in [2.75, 3.05) is 18.1 Å². The number of aromatic amines is 1. The average Bonchev–Trinajstić information content (AvgIpc) is 3.44. The van der Waals surface area contributed by atoms with Crippen molar-refractivity contribution in [2.24, 2.45) is 5.73 Å². The van der Waals surface area contributed by atoms with Gasteiger partial charge in [0.1, 0.15) is 12.4 Å². The number of benzene rings is 4. The van der Waals surface area contributed by atoms with Crippen LogP contribution in [0.1, 0.15) is 37.4 Å². The lowest BCUT2D eigenvalue weighted by atomic mass is 9.93. The molecule has 190 valence electrons. The van der Waals surface area contributed by atoms with E-state index in [0.717, 1.165) is 55.4 Å². The number of ether oxygens (including phenoxy) is 1. The first kappa shape index (κ1) is 23.8. The summed E-state index contributed by atoms with van der Waals surface area (Å²) in [5, 5.41) is 10.9. The van der Waals surface area contributed by atoms with E-state index in [4.69, 9.17) is 15.6 Å². The number of H-pyrrole nitrogens is 1. The van der Waals surface area contributed by atoms with Crippen molar-refractivity contribution < 1.29 is 19.4 Å². The molecule has 6 rings (SSSR count). The fraction of sp³-hybridized carbons (Fsp3) is 0.161. The summed E-state index contributed by atoms with van der Waals surface area (Å²) < 4.78 is 5.59. The number of nitrogens with one attached hydrogen (secondary N) is 1. The van der Waals surface area contributed by atoms with Crippen LogP contribution in [-0.4, -0.2) is 35.1 Å². The number of carbonyl (C=O) groups excluding carboxylic acids is 2. The Hall–Kier alpha value is -4.62. The van der Waals surface area contributed by atoms with Gasteiger partial charge in [-0.1, -0.05) is 35.9 Å². The number of aryl methyl sites for hydroxylation is 1. The predicted molar refractivity (Wildman–Crippen MR) is 149 cm³/mol. The Kier molecular flexibility index (Phi) is 5.65. The largest absolute Gasteiger partial charge is 0.491 e. The Labute approximate surface area is 219 Å². The van der Waals surface area contributed by atoms with Crippen LogP contribution in [0, 0.1) is 13.8 Å². The van der Waals surface area contributed by atoms with Crippen molar-refractivity contribution in [2.45, 2.75) is 20.4 Å². The number of aliphatic hydroxyl groups excluding tert-OH is 1. The lowest BCUT2D eigenvalue weighted by Gasteiger charge is -2.21. The first-order valence-corrected chi connectivity index (χ1v) is 12.5. The molecule has 38 heavy (non-hydrogen) atoms.